The van der Waals surface area contributed by atoms with Crippen LogP contribution in [-0.4, -0.2) is 23.2 Å². The van der Waals surface area contributed by atoms with E-state index in [0.29, 0.717) is 0 Å². The van der Waals surface area contributed by atoms with Gasteiger partial charge < -0.3 is 10.4 Å². The standard InChI is InChI=1S/C8H13NO2/c1-2-7(11)9-8(6-10)4-3-5-8/h2,10H,1,3-6H2,(H,9,11). The number of hydrogen-bond donors (Lipinski definition) is 2. The predicted octanol–water partition coefficient (Wildman–Crippen LogP) is 0.204. The van der Waals surface area contributed by atoms with E-state index in [-0.39, 0.29) is 18.1 Å². The van der Waals surface area contributed by atoms with E-state index in [2.05, 4.69) is 11.9 Å². The van der Waals surface area contributed by atoms with Crippen LogP contribution in [0.25, 0.3) is 0 Å². The Morgan fingerprint density at radius 1 is 1.73 bits per heavy atom. The number of nitrogens with one attached hydrogen (secondary N) is 1. The molecule has 0 saturated heterocycles. The van der Waals surface area contributed by atoms with Crippen LogP contribution in [0.2, 0.25) is 0 Å². The quantitative estimate of drug-likeness (QED) is 0.572. The molecule has 0 atom stereocenters. The lowest BCUT2D eigenvalue weighted by atomic mass is 9.77. The predicted molar refractivity (Wildman–Crippen MR) is 42.0 cm³/mol. The van der Waals surface area contributed by atoms with Crippen molar-refractivity contribution in [3.05, 3.63) is 12.7 Å². The minimum atomic E-state index is -0.328. The number of aliphatic hydroxyl groups is 1. The fourth-order valence-electron chi connectivity index (χ4n) is 1.24. The van der Waals surface area contributed by atoms with E-state index in [4.69, 9.17) is 5.11 Å². The molecule has 1 fully saturated rings. The second-order valence-electron chi connectivity index (χ2n) is 2.99. The highest BCUT2D eigenvalue weighted by Crippen LogP contribution is 2.30. The Morgan fingerprint density at radius 3 is 2.64 bits per heavy atom. The van der Waals surface area contributed by atoms with Crippen molar-refractivity contribution in [1.82, 2.24) is 5.32 Å². The topological polar surface area (TPSA) is 49.3 Å². The van der Waals surface area contributed by atoms with Crippen molar-refractivity contribution in [2.75, 3.05) is 6.61 Å². The third-order valence-electron chi connectivity index (χ3n) is 2.19. The fourth-order valence-corrected chi connectivity index (χ4v) is 1.24. The molecule has 1 amide bonds. The van der Waals surface area contributed by atoms with Crippen LogP contribution in [0.1, 0.15) is 19.3 Å². The molecular formula is C8H13NO2. The maximum absolute atomic E-state index is 10.8. The molecule has 0 radical (unpaired) electrons. The Bertz CT molecular complexity index is 167. The SMILES string of the molecule is C=CC(=O)NC1(CO)CCC1. The summed E-state index contributed by atoms with van der Waals surface area (Å²) in [6.45, 7) is 3.38. The number of carbonyl (C=O) groups is 1. The van der Waals surface area contributed by atoms with Gasteiger partial charge in [-0.3, -0.25) is 4.79 Å². The number of amides is 1. The molecule has 62 valence electrons. The zero-order valence-electron chi connectivity index (χ0n) is 6.47. The Morgan fingerprint density at radius 2 is 2.36 bits per heavy atom. The van der Waals surface area contributed by atoms with Crippen LogP contribution in [0.15, 0.2) is 12.7 Å². The smallest absolute Gasteiger partial charge is 0.243 e. The van der Waals surface area contributed by atoms with E-state index < -0.39 is 0 Å². The van der Waals surface area contributed by atoms with Gasteiger partial charge >= 0.3 is 0 Å². The lowest BCUT2D eigenvalue weighted by Crippen LogP contribution is -2.55. The molecule has 0 aromatic heterocycles. The summed E-state index contributed by atoms with van der Waals surface area (Å²) in [5.74, 6) is -0.196. The van der Waals surface area contributed by atoms with E-state index in [9.17, 15) is 4.79 Å². The van der Waals surface area contributed by atoms with Gasteiger partial charge in [0.05, 0.1) is 12.1 Å². The highest BCUT2D eigenvalue weighted by Gasteiger charge is 2.36. The highest BCUT2D eigenvalue weighted by atomic mass is 16.3. The Kier molecular flexibility index (Phi) is 2.29. The largest absolute Gasteiger partial charge is 0.394 e. The van der Waals surface area contributed by atoms with Crippen LogP contribution in [0, 0.1) is 0 Å². The normalized spacial score (nSPS) is 20.1. The summed E-state index contributed by atoms with van der Waals surface area (Å²) in [7, 11) is 0. The molecule has 1 aliphatic carbocycles. The van der Waals surface area contributed by atoms with Crippen LogP contribution in [-0.2, 0) is 4.79 Å². The lowest BCUT2D eigenvalue weighted by Gasteiger charge is -2.40. The number of carbonyl (C=O) groups excluding carboxylic acids is 1. The average Bonchev–Trinajstić information content (AvgIpc) is 1.96. The van der Waals surface area contributed by atoms with Gasteiger partial charge in [-0.15, -0.1) is 0 Å². The monoisotopic (exact) mass is 155 g/mol. The molecule has 0 spiro atoms. The third kappa shape index (κ3) is 1.60. The Hall–Kier alpha value is -0.830. The Balaban J connectivity index is 2.44. The number of aliphatic hydroxyl groups excluding tert-OH is 1. The molecule has 0 bridgehead atoms. The van der Waals surface area contributed by atoms with Crippen molar-refractivity contribution in [1.29, 1.82) is 0 Å². The molecular weight excluding hydrogens is 142 g/mol. The van der Waals surface area contributed by atoms with Crippen molar-refractivity contribution in [2.45, 2.75) is 24.8 Å². The lowest BCUT2D eigenvalue weighted by molar-refractivity contribution is -0.120. The summed E-state index contributed by atoms with van der Waals surface area (Å²) in [5.41, 5.74) is -0.328. The molecule has 0 heterocycles. The van der Waals surface area contributed by atoms with Crippen LogP contribution in [0.3, 0.4) is 0 Å². The van der Waals surface area contributed by atoms with Crippen LogP contribution in [0.4, 0.5) is 0 Å². The van der Waals surface area contributed by atoms with Gasteiger partial charge in [0.2, 0.25) is 5.91 Å². The minimum absolute atomic E-state index is 0.0343. The maximum Gasteiger partial charge on any atom is 0.243 e. The van der Waals surface area contributed by atoms with Gasteiger partial charge in [-0.05, 0) is 25.3 Å². The maximum atomic E-state index is 10.8. The van der Waals surface area contributed by atoms with Gasteiger partial charge in [0.15, 0.2) is 0 Å². The van der Waals surface area contributed by atoms with E-state index in [1.54, 1.807) is 0 Å². The van der Waals surface area contributed by atoms with E-state index in [0.717, 1.165) is 19.3 Å². The average molecular weight is 155 g/mol. The van der Waals surface area contributed by atoms with Crippen molar-refractivity contribution < 1.29 is 9.90 Å². The van der Waals surface area contributed by atoms with E-state index in [1.807, 2.05) is 0 Å². The first-order chi connectivity index (χ1) is 5.22. The number of hydrogen-bond acceptors (Lipinski definition) is 2. The van der Waals surface area contributed by atoms with Crippen molar-refractivity contribution >= 4 is 5.91 Å². The zero-order valence-corrected chi connectivity index (χ0v) is 6.47. The van der Waals surface area contributed by atoms with Crippen LogP contribution >= 0.6 is 0 Å². The summed E-state index contributed by atoms with van der Waals surface area (Å²) < 4.78 is 0. The van der Waals surface area contributed by atoms with Gasteiger partial charge in [-0.1, -0.05) is 6.58 Å². The molecule has 11 heavy (non-hydrogen) atoms. The second kappa shape index (κ2) is 3.05. The summed E-state index contributed by atoms with van der Waals surface area (Å²) in [6.07, 6.45) is 4.07. The molecule has 1 rings (SSSR count). The summed E-state index contributed by atoms with van der Waals surface area (Å²) in [5, 5.41) is 11.7. The summed E-state index contributed by atoms with van der Waals surface area (Å²) in [6, 6.07) is 0. The van der Waals surface area contributed by atoms with Crippen molar-refractivity contribution in [3.63, 3.8) is 0 Å². The molecule has 3 heteroatoms. The van der Waals surface area contributed by atoms with Crippen molar-refractivity contribution in [2.24, 2.45) is 0 Å². The van der Waals surface area contributed by atoms with Gasteiger partial charge in [0, 0.05) is 0 Å². The summed E-state index contributed by atoms with van der Waals surface area (Å²) >= 11 is 0. The van der Waals surface area contributed by atoms with E-state index >= 15 is 0 Å². The van der Waals surface area contributed by atoms with Gasteiger partial charge in [0.1, 0.15) is 0 Å². The second-order valence-corrected chi connectivity index (χ2v) is 2.99. The summed E-state index contributed by atoms with van der Waals surface area (Å²) in [4.78, 5) is 10.8. The van der Waals surface area contributed by atoms with E-state index in [1.165, 1.54) is 6.08 Å². The molecule has 0 aromatic carbocycles. The molecule has 0 aliphatic heterocycles. The minimum Gasteiger partial charge on any atom is -0.394 e. The van der Waals surface area contributed by atoms with Crippen LogP contribution < -0.4 is 5.32 Å². The van der Waals surface area contributed by atoms with Crippen molar-refractivity contribution in [3.8, 4) is 0 Å². The van der Waals surface area contributed by atoms with Gasteiger partial charge in [0.25, 0.3) is 0 Å². The molecule has 3 nitrogen and oxygen atoms in total. The van der Waals surface area contributed by atoms with Crippen LogP contribution in [0.5, 0.6) is 0 Å². The first-order valence-corrected chi connectivity index (χ1v) is 3.78. The first-order valence-electron chi connectivity index (χ1n) is 3.78. The fraction of sp³-hybridized carbons (Fsp3) is 0.625. The third-order valence-corrected chi connectivity index (χ3v) is 2.19. The first kappa shape index (κ1) is 8.27. The molecule has 1 aliphatic rings. The molecule has 2 N–H and O–H groups in total. The highest BCUT2D eigenvalue weighted by molar-refractivity contribution is 5.87. The Labute approximate surface area is 66.1 Å². The number of rotatable bonds is 3. The molecule has 0 aromatic rings. The van der Waals surface area contributed by atoms with Gasteiger partial charge in [-0.25, -0.2) is 0 Å². The van der Waals surface area contributed by atoms with Gasteiger partial charge in [-0.2, -0.15) is 0 Å². The zero-order chi connectivity index (χ0) is 8.32. The molecule has 1 saturated carbocycles. The molecule has 0 unspecified atom stereocenters.